The zero-order valence-corrected chi connectivity index (χ0v) is 15.7. The van der Waals surface area contributed by atoms with Gasteiger partial charge in [0, 0.05) is 11.6 Å². The van der Waals surface area contributed by atoms with Crippen molar-refractivity contribution >= 4 is 12.0 Å². The van der Waals surface area contributed by atoms with Crippen LogP contribution in [0.5, 0.6) is 0 Å². The van der Waals surface area contributed by atoms with Crippen LogP contribution in [-0.4, -0.2) is 23.6 Å². The van der Waals surface area contributed by atoms with Gasteiger partial charge in [-0.15, -0.1) is 0 Å². The Labute approximate surface area is 150 Å². The Hall–Kier alpha value is -2.04. The highest BCUT2D eigenvalue weighted by Crippen LogP contribution is 2.19. The molecule has 0 spiro atoms. The fourth-order valence-corrected chi connectivity index (χ4v) is 3.01. The summed E-state index contributed by atoms with van der Waals surface area (Å²) in [4.78, 5) is 24.2. The van der Waals surface area contributed by atoms with Crippen molar-refractivity contribution in [3.63, 3.8) is 0 Å². The van der Waals surface area contributed by atoms with E-state index in [4.69, 9.17) is 4.74 Å². The Balaban J connectivity index is 1.89. The van der Waals surface area contributed by atoms with E-state index >= 15 is 0 Å². The zero-order valence-electron chi connectivity index (χ0n) is 15.7. The van der Waals surface area contributed by atoms with E-state index in [1.807, 2.05) is 39.8 Å². The summed E-state index contributed by atoms with van der Waals surface area (Å²) in [5, 5.41) is 5.92. The number of carbonyl (C=O) groups is 2. The molecule has 0 bridgehead atoms. The maximum atomic E-state index is 12.3. The van der Waals surface area contributed by atoms with E-state index in [2.05, 4.69) is 10.6 Å². The molecule has 1 aromatic carbocycles. The van der Waals surface area contributed by atoms with Gasteiger partial charge in [-0.05, 0) is 58.2 Å². The van der Waals surface area contributed by atoms with Gasteiger partial charge in [-0.3, -0.25) is 4.79 Å². The first-order chi connectivity index (χ1) is 11.7. The Bertz CT molecular complexity index is 584. The van der Waals surface area contributed by atoms with Gasteiger partial charge in [-0.2, -0.15) is 0 Å². The lowest BCUT2D eigenvalue weighted by molar-refractivity contribution is 0.0507. The van der Waals surface area contributed by atoms with Crippen molar-refractivity contribution in [1.29, 1.82) is 0 Å². The van der Waals surface area contributed by atoms with E-state index in [1.54, 1.807) is 12.1 Å². The van der Waals surface area contributed by atoms with E-state index in [9.17, 15) is 9.59 Å². The van der Waals surface area contributed by atoms with E-state index in [1.165, 1.54) is 19.3 Å². The van der Waals surface area contributed by atoms with Crippen LogP contribution < -0.4 is 10.6 Å². The molecule has 0 radical (unpaired) electrons. The standard InChI is InChI=1S/C20H30N2O3/c1-14(21-19(24)25-20(2,3)4)15-10-12-16(13-11-15)18(23)22-17-8-6-5-7-9-17/h10-14,17H,5-9H2,1-4H3,(H,21,24)(H,22,23). The molecule has 138 valence electrons. The van der Waals surface area contributed by atoms with Crippen molar-refractivity contribution in [3.05, 3.63) is 35.4 Å². The predicted molar refractivity (Wildman–Crippen MR) is 98.6 cm³/mol. The molecule has 25 heavy (non-hydrogen) atoms. The third-order valence-electron chi connectivity index (χ3n) is 4.35. The molecule has 0 heterocycles. The summed E-state index contributed by atoms with van der Waals surface area (Å²) in [6.45, 7) is 7.38. The maximum absolute atomic E-state index is 12.3. The van der Waals surface area contributed by atoms with Crippen LogP contribution in [0.25, 0.3) is 0 Å². The molecule has 1 unspecified atom stereocenters. The van der Waals surface area contributed by atoms with Crippen LogP contribution in [0.15, 0.2) is 24.3 Å². The summed E-state index contributed by atoms with van der Waals surface area (Å²) in [6.07, 6.45) is 5.35. The van der Waals surface area contributed by atoms with Gasteiger partial charge in [0.1, 0.15) is 5.60 Å². The minimum atomic E-state index is -0.523. The highest BCUT2D eigenvalue weighted by molar-refractivity contribution is 5.94. The number of carbonyl (C=O) groups excluding carboxylic acids is 2. The highest BCUT2D eigenvalue weighted by atomic mass is 16.6. The molecular weight excluding hydrogens is 316 g/mol. The fraction of sp³-hybridized carbons (Fsp3) is 0.600. The molecule has 2 amide bonds. The van der Waals surface area contributed by atoms with Crippen molar-refractivity contribution in [2.75, 3.05) is 0 Å². The molecule has 1 atom stereocenters. The van der Waals surface area contributed by atoms with Crippen LogP contribution in [0.1, 0.15) is 81.8 Å². The summed E-state index contributed by atoms with van der Waals surface area (Å²) >= 11 is 0. The monoisotopic (exact) mass is 346 g/mol. The lowest BCUT2D eigenvalue weighted by Crippen LogP contribution is -2.36. The van der Waals surface area contributed by atoms with Gasteiger partial charge < -0.3 is 15.4 Å². The van der Waals surface area contributed by atoms with Crippen LogP contribution >= 0.6 is 0 Å². The van der Waals surface area contributed by atoms with Crippen molar-refractivity contribution in [3.8, 4) is 0 Å². The molecule has 0 aromatic heterocycles. The SMILES string of the molecule is CC(NC(=O)OC(C)(C)C)c1ccc(C(=O)NC2CCCCC2)cc1. The molecule has 0 aliphatic heterocycles. The second-order valence-corrected chi connectivity index (χ2v) is 7.80. The molecule has 1 fully saturated rings. The summed E-state index contributed by atoms with van der Waals surface area (Å²) < 4.78 is 5.26. The van der Waals surface area contributed by atoms with Gasteiger partial charge in [-0.1, -0.05) is 31.4 Å². The van der Waals surface area contributed by atoms with Crippen molar-refractivity contribution < 1.29 is 14.3 Å². The Kier molecular flexibility index (Phi) is 6.45. The van der Waals surface area contributed by atoms with Crippen LogP contribution in [0.3, 0.4) is 0 Å². The van der Waals surface area contributed by atoms with Crippen molar-refractivity contribution in [2.45, 2.75) is 77.5 Å². The van der Waals surface area contributed by atoms with E-state index in [-0.39, 0.29) is 11.9 Å². The molecule has 1 saturated carbocycles. The number of amides is 2. The molecule has 2 N–H and O–H groups in total. The molecule has 1 aliphatic rings. The Morgan fingerprint density at radius 2 is 1.68 bits per heavy atom. The number of nitrogens with one attached hydrogen (secondary N) is 2. The van der Waals surface area contributed by atoms with E-state index in [0.29, 0.717) is 11.6 Å². The zero-order chi connectivity index (χ0) is 18.4. The normalized spacial score (nSPS) is 16.8. The molecule has 1 aromatic rings. The largest absolute Gasteiger partial charge is 0.444 e. The third-order valence-corrected chi connectivity index (χ3v) is 4.35. The van der Waals surface area contributed by atoms with Gasteiger partial charge in [0.25, 0.3) is 5.91 Å². The van der Waals surface area contributed by atoms with Gasteiger partial charge in [0.05, 0.1) is 6.04 Å². The minimum absolute atomic E-state index is 0.0220. The number of rotatable bonds is 4. The average Bonchev–Trinajstić information content (AvgIpc) is 2.54. The first-order valence-corrected chi connectivity index (χ1v) is 9.15. The van der Waals surface area contributed by atoms with Gasteiger partial charge in [0.2, 0.25) is 0 Å². The quantitative estimate of drug-likeness (QED) is 0.852. The third kappa shape index (κ3) is 6.40. The topological polar surface area (TPSA) is 67.4 Å². The highest BCUT2D eigenvalue weighted by Gasteiger charge is 2.19. The molecular formula is C20H30N2O3. The fourth-order valence-electron chi connectivity index (χ4n) is 3.01. The van der Waals surface area contributed by atoms with Gasteiger partial charge in [-0.25, -0.2) is 4.79 Å². The smallest absolute Gasteiger partial charge is 0.408 e. The van der Waals surface area contributed by atoms with E-state index < -0.39 is 11.7 Å². The minimum Gasteiger partial charge on any atom is -0.444 e. The number of ether oxygens (including phenoxy) is 1. The molecule has 2 rings (SSSR count). The first kappa shape index (κ1) is 19.3. The first-order valence-electron chi connectivity index (χ1n) is 9.15. The van der Waals surface area contributed by atoms with Crippen molar-refractivity contribution in [1.82, 2.24) is 10.6 Å². The van der Waals surface area contributed by atoms with Gasteiger partial charge >= 0.3 is 6.09 Å². The Morgan fingerprint density at radius 3 is 2.24 bits per heavy atom. The maximum Gasteiger partial charge on any atom is 0.408 e. The average molecular weight is 346 g/mol. The summed E-state index contributed by atoms with van der Waals surface area (Å²) in [5.74, 6) is -0.0220. The number of hydrogen-bond acceptors (Lipinski definition) is 3. The van der Waals surface area contributed by atoms with Crippen LogP contribution in [0.2, 0.25) is 0 Å². The predicted octanol–water partition coefficient (Wildman–Crippen LogP) is 4.33. The molecule has 5 heteroatoms. The van der Waals surface area contributed by atoms with Crippen molar-refractivity contribution in [2.24, 2.45) is 0 Å². The molecule has 1 aliphatic carbocycles. The lowest BCUT2D eigenvalue weighted by Gasteiger charge is -2.23. The van der Waals surface area contributed by atoms with Crippen LogP contribution in [-0.2, 0) is 4.74 Å². The van der Waals surface area contributed by atoms with Gasteiger partial charge in [0.15, 0.2) is 0 Å². The number of alkyl carbamates (subject to hydrolysis) is 1. The summed E-state index contributed by atoms with van der Waals surface area (Å²) in [6, 6.07) is 7.47. The van der Waals surface area contributed by atoms with E-state index in [0.717, 1.165) is 18.4 Å². The summed E-state index contributed by atoms with van der Waals surface area (Å²) in [5.41, 5.74) is 1.06. The second kappa shape index (κ2) is 8.37. The van der Waals surface area contributed by atoms with Crippen LogP contribution in [0.4, 0.5) is 4.79 Å². The number of benzene rings is 1. The van der Waals surface area contributed by atoms with Crippen LogP contribution in [0, 0.1) is 0 Å². The summed E-state index contributed by atoms with van der Waals surface area (Å²) in [7, 11) is 0. The lowest BCUT2D eigenvalue weighted by atomic mass is 9.95. The molecule has 0 saturated heterocycles. The number of hydrogen-bond donors (Lipinski definition) is 2. The Morgan fingerprint density at radius 1 is 1.08 bits per heavy atom. The second-order valence-electron chi connectivity index (χ2n) is 7.80. The molecule has 5 nitrogen and oxygen atoms in total.